The van der Waals surface area contributed by atoms with E-state index < -0.39 is 15.8 Å². The van der Waals surface area contributed by atoms with Crippen LogP contribution in [0.2, 0.25) is 0 Å². The molecular weight excluding hydrogens is 291 g/mol. The Morgan fingerprint density at radius 2 is 2.05 bits per heavy atom. The monoisotopic (exact) mass is 314 g/mol. The highest BCUT2D eigenvalue weighted by atomic mass is 32.2. The summed E-state index contributed by atoms with van der Waals surface area (Å²) in [5.41, 5.74) is 0.627. The molecule has 0 unspecified atom stereocenters. The molecule has 0 atom stereocenters. The van der Waals surface area contributed by atoms with E-state index in [0.29, 0.717) is 24.7 Å². The first-order valence-electron chi connectivity index (χ1n) is 7.40. The molecule has 4 nitrogen and oxygen atoms in total. The van der Waals surface area contributed by atoms with Crippen LogP contribution in [0.5, 0.6) is 0 Å². The van der Waals surface area contributed by atoms with E-state index in [2.05, 4.69) is 5.32 Å². The maximum atomic E-state index is 13.6. The van der Waals surface area contributed by atoms with E-state index in [4.69, 9.17) is 0 Å². The van der Waals surface area contributed by atoms with Crippen molar-refractivity contribution in [1.29, 1.82) is 0 Å². The first-order valence-corrected chi connectivity index (χ1v) is 8.84. The van der Waals surface area contributed by atoms with Crippen LogP contribution in [0, 0.1) is 5.82 Å². The van der Waals surface area contributed by atoms with E-state index >= 15 is 0 Å². The lowest BCUT2D eigenvalue weighted by Gasteiger charge is -2.25. The van der Waals surface area contributed by atoms with Gasteiger partial charge in [0.1, 0.15) is 5.82 Å². The molecule has 6 heteroatoms. The number of hydrogen-bond donors (Lipinski definition) is 1. The standard InChI is InChI=1S/C15H23FN2O2S/c1-4-18(11(2)3)21(19,20)15-9-13(16)6-5-12(15)10-17-14-7-8-14/h5-6,9,11,14,17H,4,7-8,10H2,1-3H3. The summed E-state index contributed by atoms with van der Waals surface area (Å²) < 4.78 is 40.5. The molecule has 0 spiro atoms. The fourth-order valence-electron chi connectivity index (χ4n) is 2.40. The third-order valence-electron chi connectivity index (χ3n) is 3.66. The summed E-state index contributed by atoms with van der Waals surface area (Å²) in [5, 5.41) is 3.29. The Labute approximate surface area is 126 Å². The largest absolute Gasteiger partial charge is 0.310 e. The van der Waals surface area contributed by atoms with Crippen LogP contribution in [-0.4, -0.2) is 31.4 Å². The van der Waals surface area contributed by atoms with Gasteiger partial charge in [-0.05, 0) is 44.4 Å². The molecule has 0 heterocycles. The molecule has 21 heavy (non-hydrogen) atoms. The predicted molar refractivity (Wildman–Crippen MR) is 81.0 cm³/mol. The highest BCUT2D eigenvalue weighted by Crippen LogP contribution is 2.25. The van der Waals surface area contributed by atoms with E-state index in [1.165, 1.54) is 10.4 Å². The van der Waals surface area contributed by atoms with Crippen LogP contribution in [0.1, 0.15) is 39.2 Å². The van der Waals surface area contributed by atoms with Crippen LogP contribution in [0.15, 0.2) is 23.1 Å². The second-order valence-corrected chi connectivity index (χ2v) is 7.57. The highest BCUT2D eigenvalue weighted by Gasteiger charge is 2.29. The normalized spacial score (nSPS) is 15.9. The van der Waals surface area contributed by atoms with Crippen molar-refractivity contribution in [1.82, 2.24) is 9.62 Å². The van der Waals surface area contributed by atoms with E-state index in [0.717, 1.165) is 18.9 Å². The van der Waals surface area contributed by atoms with E-state index in [9.17, 15) is 12.8 Å². The number of hydrogen-bond acceptors (Lipinski definition) is 3. The molecule has 0 bridgehead atoms. The first-order chi connectivity index (χ1) is 9.86. The van der Waals surface area contributed by atoms with Gasteiger partial charge in [0.25, 0.3) is 0 Å². The quantitative estimate of drug-likeness (QED) is 0.841. The summed E-state index contributed by atoms with van der Waals surface area (Å²) in [6, 6.07) is 4.32. The van der Waals surface area contributed by atoms with E-state index in [-0.39, 0.29) is 10.9 Å². The van der Waals surface area contributed by atoms with Crippen molar-refractivity contribution < 1.29 is 12.8 Å². The SMILES string of the molecule is CCN(C(C)C)S(=O)(=O)c1cc(F)ccc1CNC1CC1. The molecular formula is C15H23FN2O2S. The lowest BCUT2D eigenvalue weighted by molar-refractivity contribution is 0.368. The van der Waals surface area contributed by atoms with Gasteiger partial charge in [0.2, 0.25) is 10.0 Å². The average Bonchev–Trinajstić information content (AvgIpc) is 3.21. The van der Waals surface area contributed by atoms with Crippen molar-refractivity contribution in [3.8, 4) is 0 Å². The molecule has 0 aromatic heterocycles. The predicted octanol–water partition coefficient (Wildman–Crippen LogP) is 2.50. The topological polar surface area (TPSA) is 49.4 Å². The lowest BCUT2D eigenvalue weighted by Crippen LogP contribution is -2.37. The first kappa shape index (κ1) is 16.4. The van der Waals surface area contributed by atoms with Crippen molar-refractivity contribution in [2.75, 3.05) is 6.54 Å². The molecule has 0 aliphatic heterocycles. The minimum atomic E-state index is -3.68. The van der Waals surface area contributed by atoms with Gasteiger partial charge in [0.15, 0.2) is 0 Å². The van der Waals surface area contributed by atoms with Gasteiger partial charge in [-0.25, -0.2) is 12.8 Å². The van der Waals surface area contributed by atoms with Crippen molar-refractivity contribution in [2.24, 2.45) is 0 Å². The third kappa shape index (κ3) is 3.81. The Morgan fingerprint density at radius 1 is 1.38 bits per heavy atom. The zero-order valence-electron chi connectivity index (χ0n) is 12.8. The molecule has 0 radical (unpaired) electrons. The van der Waals surface area contributed by atoms with Crippen molar-refractivity contribution in [2.45, 2.75) is 57.1 Å². The summed E-state index contributed by atoms with van der Waals surface area (Å²) in [4.78, 5) is 0.0752. The summed E-state index contributed by atoms with van der Waals surface area (Å²) in [5.74, 6) is -0.524. The van der Waals surface area contributed by atoms with E-state index in [1.807, 2.05) is 13.8 Å². The van der Waals surface area contributed by atoms with Crippen LogP contribution >= 0.6 is 0 Å². The second-order valence-electron chi connectivity index (χ2n) is 5.71. The van der Waals surface area contributed by atoms with Crippen LogP contribution in [0.3, 0.4) is 0 Å². The minimum absolute atomic E-state index is 0.0752. The van der Waals surface area contributed by atoms with Gasteiger partial charge in [-0.2, -0.15) is 4.31 Å². The number of rotatable bonds is 7. The Hall–Kier alpha value is -0.980. The molecule has 1 aromatic rings. The van der Waals surface area contributed by atoms with Crippen LogP contribution in [-0.2, 0) is 16.6 Å². The Kier molecular flexibility index (Phi) is 5.01. The maximum absolute atomic E-state index is 13.6. The molecule has 0 amide bonds. The maximum Gasteiger partial charge on any atom is 0.243 e. The lowest BCUT2D eigenvalue weighted by atomic mass is 10.2. The van der Waals surface area contributed by atoms with Crippen LogP contribution in [0.4, 0.5) is 4.39 Å². The zero-order chi connectivity index (χ0) is 15.6. The third-order valence-corrected chi connectivity index (χ3v) is 5.90. The molecule has 1 aromatic carbocycles. The van der Waals surface area contributed by atoms with Gasteiger partial charge in [-0.3, -0.25) is 0 Å². The van der Waals surface area contributed by atoms with Gasteiger partial charge in [-0.1, -0.05) is 13.0 Å². The number of halogens is 1. The van der Waals surface area contributed by atoms with Gasteiger partial charge < -0.3 is 5.32 Å². The number of nitrogens with one attached hydrogen (secondary N) is 1. The summed E-state index contributed by atoms with van der Waals surface area (Å²) >= 11 is 0. The molecule has 2 rings (SSSR count). The molecule has 0 saturated heterocycles. The number of benzene rings is 1. The number of nitrogens with zero attached hydrogens (tertiary/aromatic N) is 1. The van der Waals surface area contributed by atoms with Crippen molar-refractivity contribution in [3.63, 3.8) is 0 Å². The Balaban J connectivity index is 2.36. The molecule has 1 N–H and O–H groups in total. The average molecular weight is 314 g/mol. The van der Waals surface area contributed by atoms with Gasteiger partial charge in [0, 0.05) is 25.2 Å². The fourth-order valence-corrected chi connectivity index (χ4v) is 4.28. The summed E-state index contributed by atoms with van der Waals surface area (Å²) in [6.45, 7) is 6.26. The Bertz CT molecular complexity index is 598. The Morgan fingerprint density at radius 3 is 2.57 bits per heavy atom. The number of sulfonamides is 1. The summed E-state index contributed by atoms with van der Waals surface area (Å²) in [7, 11) is -3.68. The smallest absolute Gasteiger partial charge is 0.243 e. The van der Waals surface area contributed by atoms with Crippen LogP contribution in [0.25, 0.3) is 0 Å². The zero-order valence-corrected chi connectivity index (χ0v) is 13.6. The summed E-state index contributed by atoms with van der Waals surface area (Å²) in [6.07, 6.45) is 2.24. The second kappa shape index (κ2) is 6.42. The minimum Gasteiger partial charge on any atom is -0.310 e. The molecule has 1 aliphatic carbocycles. The molecule has 1 saturated carbocycles. The molecule has 118 valence electrons. The molecule has 1 aliphatic rings. The molecule has 1 fully saturated rings. The highest BCUT2D eigenvalue weighted by molar-refractivity contribution is 7.89. The van der Waals surface area contributed by atoms with Crippen molar-refractivity contribution >= 4 is 10.0 Å². The van der Waals surface area contributed by atoms with Gasteiger partial charge in [0.05, 0.1) is 4.90 Å². The fraction of sp³-hybridized carbons (Fsp3) is 0.600. The van der Waals surface area contributed by atoms with Crippen LogP contribution < -0.4 is 5.32 Å². The van der Waals surface area contributed by atoms with Gasteiger partial charge in [-0.15, -0.1) is 0 Å². The van der Waals surface area contributed by atoms with Crippen molar-refractivity contribution in [3.05, 3.63) is 29.6 Å². The van der Waals surface area contributed by atoms with Gasteiger partial charge >= 0.3 is 0 Å². The van der Waals surface area contributed by atoms with E-state index in [1.54, 1.807) is 13.0 Å².